The Hall–Kier alpha value is -4.84. The molecular weight excluding hydrogens is 452 g/mol. The van der Waals surface area contributed by atoms with Crippen LogP contribution in [0.1, 0.15) is 31.8 Å². The van der Waals surface area contributed by atoms with E-state index in [-0.39, 0.29) is 11.6 Å². The smallest absolute Gasteiger partial charge is 0.196 e. The van der Waals surface area contributed by atoms with Gasteiger partial charge >= 0.3 is 0 Å². The number of hydrogen-bond acceptors (Lipinski definition) is 6. The average molecular weight is 473 g/mol. The van der Waals surface area contributed by atoms with Crippen LogP contribution in [0.15, 0.2) is 84.9 Å². The van der Waals surface area contributed by atoms with Crippen molar-refractivity contribution in [2.75, 3.05) is 14.2 Å². The number of carbonyl (C=O) groups is 2. The summed E-state index contributed by atoms with van der Waals surface area (Å²) in [5.74, 6) is 1.04. The molecule has 0 saturated carbocycles. The summed E-state index contributed by atoms with van der Waals surface area (Å²) in [5.41, 5.74) is 5.29. The maximum absolute atomic E-state index is 13.6. The van der Waals surface area contributed by atoms with E-state index in [9.17, 15) is 9.59 Å². The number of methoxy groups -OCH3 is 2. The van der Waals surface area contributed by atoms with Crippen molar-refractivity contribution in [2.45, 2.75) is 0 Å². The van der Waals surface area contributed by atoms with E-state index in [1.54, 1.807) is 50.6 Å². The molecule has 0 spiro atoms. The first-order valence-electron chi connectivity index (χ1n) is 11.4. The SMILES string of the molecule is COc1ccc(-c2nc3ccc4c(c3nc2-c2ccc(OC)cc2)C(=O)c2ccccc2C4=O)cc1. The van der Waals surface area contributed by atoms with Crippen molar-refractivity contribution in [1.82, 2.24) is 9.97 Å². The molecule has 0 atom stereocenters. The molecule has 0 radical (unpaired) electrons. The molecule has 6 heteroatoms. The molecule has 0 aliphatic heterocycles. The molecule has 1 aromatic heterocycles. The quantitative estimate of drug-likeness (QED) is 0.325. The van der Waals surface area contributed by atoms with Crippen molar-refractivity contribution in [3.63, 3.8) is 0 Å². The van der Waals surface area contributed by atoms with Gasteiger partial charge in [-0.2, -0.15) is 0 Å². The lowest BCUT2D eigenvalue weighted by Gasteiger charge is -2.19. The maximum Gasteiger partial charge on any atom is 0.196 e. The van der Waals surface area contributed by atoms with E-state index in [2.05, 4.69) is 0 Å². The average Bonchev–Trinajstić information content (AvgIpc) is 2.94. The minimum atomic E-state index is -0.224. The molecule has 6 rings (SSSR count). The Morgan fingerprint density at radius 1 is 0.556 bits per heavy atom. The number of ketones is 2. The maximum atomic E-state index is 13.6. The highest BCUT2D eigenvalue weighted by atomic mass is 16.5. The van der Waals surface area contributed by atoms with Gasteiger partial charge in [-0.1, -0.05) is 24.3 Å². The minimum Gasteiger partial charge on any atom is -0.497 e. The van der Waals surface area contributed by atoms with Gasteiger partial charge in [0.05, 0.1) is 36.7 Å². The van der Waals surface area contributed by atoms with Crippen LogP contribution < -0.4 is 9.47 Å². The molecule has 5 aromatic rings. The largest absolute Gasteiger partial charge is 0.497 e. The number of fused-ring (bicyclic) bond motifs is 4. The monoisotopic (exact) mass is 472 g/mol. The highest BCUT2D eigenvalue weighted by Crippen LogP contribution is 2.36. The first-order chi connectivity index (χ1) is 17.6. The molecule has 4 aromatic carbocycles. The number of nitrogens with zero attached hydrogens (tertiary/aromatic N) is 2. The second-order valence-corrected chi connectivity index (χ2v) is 8.44. The predicted octanol–water partition coefficient (Wildman–Crippen LogP) is 5.76. The van der Waals surface area contributed by atoms with Gasteiger partial charge in [0, 0.05) is 27.8 Å². The van der Waals surface area contributed by atoms with E-state index in [4.69, 9.17) is 19.4 Å². The molecule has 6 nitrogen and oxygen atoms in total. The molecule has 0 N–H and O–H groups in total. The molecule has 0 bridgehead atoms. The van der Waals surface area contributed by atoms with Gasteiger partial charge in [-0.05, 0) is 60.7 Å². The van der Waals surface area contributed by atoms with Crippen LogP contribution >= 0.6 is 0 Å². The topological polar surface area (TPSA) is 78.4 Å². The van der Waals surface area contributed by atoms with E-state index in [0.717, 1.165) is 16.9 Å². The van der Waals surface area contributed by atoms with Crippen LogP contribution in [0.3, 0.4) is 0 Å². The number of benzene rings is 4. The van der Waals surface area contributed by atoms with E-state index in [1.165, 1.54) is 0 Å². The molecule has 174 valence electrons. The fourth-order valence-electron chi connectivity index (χ4n) is 4.60. The molecule has 1 heterocycles. The molecule has 36 heavy (non-hydrogen) atoms. The van der Waals surface area contributed by atoms with Gasteiger partial charge in [0.2, 0.25) is 0 Å². The fourth-order valence-corrected chi connectivity index (χ4v) is 4.60. The van der Waals surface area contributed by atoms with Crippen LogP contribution in [-0.2, 0) is 0 Å². The van der Waals surface area contributed by atoms with Crippen molar-refractivity contribution in [2.24, 2.45) is 0 Å². The number of rotatable bonds is 4. The zero-order chi connectivity index (χ0) is 24.8. The lowest BCUT2D eigenvalue weighted by atomic mass is 9.83. The Labute approximate surface area is 207 Å². The summed E-state index contributed by atoms with van der Waals surface area (Å²) >= 11 is 0. The highest BCUT2D eigenvalue weighted by Gasteiger charge is 2.32. The molecule has 0 unspecified atom stereocenters. The third kappa shape index (κ3) is 3.34. The van der Waals surface area contributed by atoms with Gasteiger partial charge in [-0.25, -0.2) is 9.97 Å². The molecule has 0 amide bonds. The van der Waals surface area contributed by atoms with Crippen LogP contribution in [0.5, 0.6) is 11.5 Å². The Morgan fingerprint density at radius 3 is 1.64 bits per heavy atom. The molecule has 0 saturated heterocycles. The molecule has 1 aliphatic rings. The minimum absolute atomic E-state index is 0.186. The predicted molar refractivity (Wildman–Crippen MR) is 137 cm³/mol. The first kappa shape index (κ1) is 21.7. The Bertz CT molecular complexity index is 1670. The van der Waals surface area contributed by atoms with Crippen molar-refractivity contribution in [3.05, 3.63) is 107 Å². The second-order valence-electron chi connectivity index (χ2n) is 8.44. The number of hydrogen-bond donors (Lipinski definition) is 0. The summed E-state index contributed by atoms with van der Waals surface area (Å²) in [6.45, 7) is 0. The van der Waals surface area contributed by atoms with Gasteiger partial charge < -0.3 is 9.47 Å². The highest BCUT2D eigenvalue weighted by molar-refractivity contribution is 6.31. The number of ether oxygens (including phenoxy) is 2. The third-order valence-corrected chi connectivity index (χ3v) is 6.45. The zero-order valence-corrected chi connectivity index (χ0v) is 19.6. The summed E-state index contributed by atoms with van der Waals surface area (Å²) in [5, 5.41) is 0. The molecule has 0 fully saturated rings. The van der Waals surface area contributed by atoms with Crippen LogP contribution in [0.4, 0.5) is 0 Å². The van der Waals surface area contributed by atoms with Gasteiger partial charge in [-0.15, -0.1) is 0 Å². The summed E-state index contributed by atoms with van der Waals surface area (Å²) in [4.78, 5) is 36.7. The van der Waals surface area contributed by atoms with Crippen molar-refractivity contribution in [3.8, 4) is 34.0 Å². The van der Waals surface area contributed by atoms with E-state index in [1.807, 2.05) is 48.5 Å². The Kier molecular flexibility index (Phi) is 5.08. The Balaban J connectivity index is 1.63. The molecular formula is C30H20N2O4. The number of aromatic nitrogens is 2. The van der Waals surface area contributed by atoms with Crippen LogP contribution in [0.2, 0.25) is 0 Å². The van der Waals surface area contributed by atoms with Crippen molar-refractivity contribution in [1.29, 1.82) is 0 Å². The van der Waals surface area contributed by atoms with Crippen LogP contribution in [-0.4, -0.2) is 35.8 Å². The van der Waals surface area contributed by atoms with Crippen molar-refractivity contribution < 1.29 is 19.1 Å². The van der Waals surface area contributed by atoms with E-state index >= 15 is 0 Å². The van der Waals surface area contributed by atoms with Crippen LogP contribution in [0.25, 0.3) is 33.5 Å². The summed E-state index contributed by atoms with van der Waals surface area (Å²) in [6, 6.07) is 25.4. The van der Waals surface area contributed by atoms with Gasteiger partial charge in [0.1, 0.15) is 17.0 Å². The Morgan fingerprint density at radius 2 is 1.08 bits per heavy atom. The summed E-state index contributed by atoms with van der Waals surface area (Å²) < 4.78 is 10.6. The number of carbonyl (C=O) groups excluding carboxylic acids is 2. The van der Waals surface area contributed by atoms with Gasteiger partial charge in [-0.3, -0.25) is 9.59 Å². The second kappa shape index (κ2) is 8.43. The fraction of sp³-hybridized carbons (Fsp3) is 0.0667. The van der Waals surface area contributed by atoms with Crippen molar-refractivity contribution >= 4 is 22.6 Å². The standard InChI is InChI=1S/C30H20N2O4/c1-35-19-11-7-17(8-12-19)26-27(18-9-13-20(36-2)14-10-18)32-28-24(31-26)16-15-23-25(28)30(34)22-6-4-3-5-21(22)29(23)33/h3-16H,1-2H3. The third-order valence-electron chi connectivity index (χ3n) is 6.45. The normalized spacial score (nSPS) is 12.3. The molecule has 1 aliphatic carbocycles. The zero-order valence-electron chi connectivity index (χ0n) is 19.6. The summed E-state index contributed by atoms with van der Waals surface area (Å²) in [7, 11) is 3.23. The van der Waals surface area contributed by atoms with Gasteiger partial charge in [0.15, 0.2) is 11.6 Å². The van der Waals surface area contributed by atoms with E-state index < -0.39 is 0 Å². The van der Waals surface area contributed by atoms with E-state index in [0.29, 0.717) is 50.4 Å². The van der Waals surface area contributed by atoms with Crippen LogP contribution in [0, 0.1) is 0 Å². The van der Waals surface area contributed by atoms with Gasteiger partial charge in [0.25, 0.3) is 0 Å². The lowest BCUT2D eigenvalue weighted by Crippen LogP contribution is -2.21. The summed E-state index contributed by atoms with van der Waals surface area (Å²) in [6.07, 6.45) is 0. The lowest BCUT2D eigenvalue weighted by molar-refractivity contribution is 0.0980. The first-order valence-corrected chi connectivity index (χ1v) is 11.4.